The molecule has 0 amide bonds. The Kier molecular flexibility index (Phi) is 4.37. The van der Waals surface area contributed by atoms with Crippen LogP contribution in [0.25, 0.3) is 6.08 Å². The second-order valence-electron chi connectivity index (χ2n) is 3.29. The van der Waals surface area contributed by atoms with Crippen molar-refractivity contribution in [2.24, 2.45) is 0 Å². The Morgan fingerprint density at radius 3 is 2.53 bits per heavy atom. The van der Waals surface area contributed by atoms with Gasteiger partial charge in [0.1, 0.15) is 5.38 Å². The van der Waals surface area contributed by atoms with Crippen LogP contribution in [0.1, 0.15) is 17.5 Å². The van der Waals surface area contributed by atoms with Gasteiger partial charge in [0.05, 0.1) is 0 Å². The number of carboxylic acid groups (broad SMARTS) is 1. The van der Waals surface area contributed by atoms with Crippen molar-refractivity contribution in [1.82, 2.24) is 0 Å². The second-order valence-corrected chi connectivity index (χ2v) is 3.82. The zero-order chi connectivity index (χ0) is 11.3. The van der Waals surface area contributed by atoms with E-state index in [1.165, 1.54) is 0 Å². The summed E-state index contributed by atoms with van der Waals surface area (Å²) < 4.78 is 0. The first-order valence-corrected chi connectivity index (χ1v) is 5.15. The fourth-order valence-electron chi connectivity index (χ4n) is 1.24. The van der Waals surface area contributed by atoms with E-state index in [2.05, 4.69) is 6.58 Å². The molecular formula is C12H13ClO2. The molecule has 80 valence electrons. The zero-order valence-corrected chi connectivity index (χ0v) is 9.07. The SMILES string of the molecule is C=Cc1ccc(CCC(Cl)C(=O)O)cc1. The van der Waals surface area contributed by atoms with Crippen LogP contribution in [-0.4, -0.2) is 16.5 Å². The van der Waals surface area contributed by atoms with Crippen LogP contribution < -0.4 is 0 Å². The van der Waals surface area contributed by atoms with Gasteiger partial charge in [0.25, 0.3) is 0 Å². The Bertz CT molecular complexity index is 343. The maximum atomic E-state index is 10.5. The first kappa shape index (κ1) is 11.8. The zero-order valence-electron chi connectivity index (χ0n) is 8.32. The largest absolute Gasteiger partial charge is 0.480 e. The van der Waals surface area contributed by atoms with E-state index in [4.69, 9.17) is 16.7 Å². The predicted molar refractivity (Wildman–Crippen MR) is 62.1 cm³/mol. The lowest BCUT2D eigenvalue weighted by atomic mass is 10.1. The molecule has 0 heterocycles. The number of hydrogen-bond donors (Lipinski definition) is 1. The molecule has 0 saturated carbocycles. The third-order valence-electron chi connectivity index (χ3n) is 2.17. The molecule has 0 spiro atoms. The Hall–Kier alpha value is -1.28. The van der Waals surface area contributed by atoms with Gasteiger partial charge >= 0.3 is 5.97 Å². The average Bonchev–Trinajstić information content (AvgIpc) is 2.26. The third kappa shape index (κ3) is 3.76. The van der Waals surface area contributed by atoms with Crippen molar-refractivity contribution in [2.75, 3.05) is 0 Å². The number of benzene rings is 1. The van der Waals surface area contributed by atoms with Crippen molar-refractivity contribution in [1.29, 1.82) is 0 Å². The molecular weight excluding hydrogens is 212 g/mol. The standard InChI is InChI=1S/C12H13ClO2/c1-2-9-3-5-10(6-4-9)7-8-11(13)12(14)15/h2-6,11H,1,7-8H2,(H,14,15). The summed E-state index contributed by atoms with van der Waals surface area (Å²) in [4.78, 5) is 10.5. The van der Waals surface area contributed by atoms with Gasteiger partial charge < -0.3 is 5.11 Å². The normalized spacial score (nSPS) is 12.1. The minimum Gasteiger partial charge on any atom is -0.480 e. The first-order chi connectivity index (χ1) is 7.13. The molecule has 1 unspecified atom stereocenters. The van der Waals surface area contributed by atoms with Gasteiger partial charge in [-0.05, 0) is 24.0 Å². The number of aryl methyl sites for hydroxylation is 1. The van der Waals surface area contributed by atoms with E-state index in [-0.39, 0.29) is 0 Å². The minimum absolute atomic E-state index is 0.449. The van der Waals surface area contributed by atoms with Gasteiger partial charge in [-0.3, -0.25) is 4.79 Å². The van der Waals surface area contributed by atoms with Gasteiger partial charge in [-0.15, -0.1) is 11.6 Å². The molecule has 0 bridgehead atoms. The van der Waals surface area contributed by atoms with Gasteiger partial charge in [0.15, 0.2) is 0 Å². The summed E-state index contributed by atoms with van der Waals surface area (Å²) >= 11 is 5.61. The molecule has 1 N–H and O–H groups in total. The maximum Gasteiger partial charge on any atom is 0.321 e. The average molecular weight is 225 g/mol. The Labute approximate surface area is 94.2 Å². The highest BCUT2D eigenvalue weighted by Gasteiger charge is 2.12. The van der Waals surface area contributed by atoms with Crippen molar-refractivity contribution in [2.45, 2.75) is 18.2 Å². The number of alkyl halides is 1. The predicted octanol–water partition coefficient (Wildman–Crippen LogP) is 2.95. The quantitative estimate of drug-likeness (QED) is 0.781. The smallest absolute Gasteiger partial charge is 0.321 e. The monoisotopic (exact) mass is 224 g/mol. The third-order valence-corrected chi connectivity index (χ3v) is 2.57. The molecule has 0 fully saturated rings. The molecule has 0 aliphatic rings. The second kappa shape index (κ2) is 5.56. The van der Waals surface area contributed by atoms with E-state index in [0.29, 0.717) is 12.8 Å². The van der Waals surface area contributed by atoms with Crippen molar-refractivity contribution >= 4 is 23.6 Å². The Morgan fingerprint density at radius 1 is 1.47 bits per heavy atom. The first-order valence-electron chi connectivity index (χ1n) is 4.71. The van der Waals surface area contributed by atoms with Crippen LogP contribution in [0.15, 0.2) is 30.8 Å². The molecule has 0 aromatic heterocycles. The van der Waals surface area contributed by atoms with E-state index in [0.717, 1.165) is 11.1 Å². The highest BCUT2D eigenvalue weighted by Crippen LogP contribution is 2.11. The van der Waals surface area contributed by atoms with E-state index in [9.17, 15) is 4.79 Å². The van der Waals surface area contributed by atoms with Crippen LogP contribution in [0.2, 0.25) is 0 Å². The molecule has 1 atom stereocenters. The molecule has 15 heavy (non-hydrogen) atoms. The summed E-state index contributed by atoms with van der Waals surface area (Å²) in [5.41, 5.74) is 2.15. The van der Waals surface area contributed by atoms with E-state index in [1.807, 2.05) is 24.3 Å². The summed E-state index contributed by atoms with van der Waals surface area (Å²) in [5.74, 6) is -0.959. The molecule has 0 radical (unpaired) electrons. The number of aliphatic carboxylic acids is 1. The lowest BCUT2D eigenvalue weighted by molar-refractivity contribution is -0.136. The number of rotatable bonds is 5. The number of hydrogen-bond acceptors (Lipinski definition) is 1. The van der Waals surface area contributed by atoms with Crippen LogP contribution >= 0.6 is 11.6 Å². The molecule has 0 aliphatic carbocycles. The van der Waals surface area contributed by atoms with Crippen molar-refractivity contribution < 1.29 is 9.90 Å². The van der Waals surface area contributed by atoms with E-state index in [1.54, 1.807) is 6.08 Å². The van der Waals surface area contributed by atoms with Crippen molar-refractivity contribution in [3.63, 3.8) is 0 Å². The Morgan fingerprint density at radius 2 is 2.07 bits per heavy atom. The molecule has 0 aliphatic heterocycles. The lowest BCUT2D eigenvalue weighted by Gasteiger charge is -2.04. The highest BCUT2D eigenvalue weighted by molar-refractivity contribution is 6.29. The number of halogens is 1. The summed E-state index contributed by atoms with van der Waals surface area (Å²) in [5, 5.41) is 7.80. The maximum absolute atomic E-state index is 10.5. The summed E-state index contributed by atoms with van der Waals surface area (Å²) in [7, 11) is 0. The molecule has 3 heteroatoms. The molecule has 1 aromatic carbocycles. The van der Waals surface area contributed by atoms with Crippen LogP contribution in [0, 0.1) is 0 Å². The summed E-state index contributed by atoms with van der Waals surface area (Å²) in [6, 6.07) is 7.82. The van der Waals surface area contributed by atoms with E-state index < -0.39 is 11.3 Å². The van der Waals surface area contributed by atoms with Crippen molar-refractivity contribution in [3.05, 3.63) is 42.0 Å². The van der Waals surface area contributed by atoms with Gasteiger partial charge in [0, 0.05) is 0 Å². The number of carboxylic acids is 1. The lowest BCUT2D eigenvalue weighted by Crippen LogP contribution is -2.13. The van der Waals surface area contributed by atoms with Crippen LogP contribution in [0.3, 0.4) is 0 Å². The van der Waals surface area contributed by atoms with E-state index >= 15 is 0 Å². The van der Waals surface area contributed by atoms with Gasteiger partial charge in [-0.2, -0.15) is 0 Å². The van der Waals surface area contributed by atoms with Crippen molar-refractivity contribution in [3.8, 4) is 0 Å². The highest BCUT2D eigenvalue weighted by atomic mass is 35.5. The van der Waals surface area contributed by atoms with Crippen LogP contribution in [0.4, 0.5) is 0 Å². The molecule has 1 aromatic rings. The van der Waals surface area contributed by atoms with Gasteiger partial charge in [-0.1, -0.05) is 36.9 Å². The molecule has 1 rings (SSSR count). The minimum atomic E-state index is -0.959. The van der Waals surface area contributed by atoms with Gasteiger partial charge in [0.2, 0.25) is 0 Å². The fraction of sp³-hybridized carbons (Fsp3) is 0.250. The summed E-state index contributed by atoms with van der Waals surface area (Å²) in [6.45, 7) is 3.66. The topological polar surface area (TPSA) is 37.3 Å². The fourth-order valence-corrected chi connectivity index (χ4v) is 1.35. The molecule has 0 saturated heterocycles. The van der Waals surface area contributed by atoms with Crippen LogP contribution in [0.5, 0.6) is 0 Å². The van der Waals surface area contributed by atoms with Gasteiger partial charge in [-0.25, -0.2) is 0 Å². The summed E-state index contributed by atoms with van der Waals surface area (Å²) in [6.07, 6.45) is 2.90. The Balaban J connectivity index is 2.51. The number of carbonyl (C=O) groups is 1. The molecule has 2 nitrogen and oxygen atoms in total. The van der Waals surface area contributed by atoms with Crippen LogP contribution in [-0.2, 0) is 11.2 Å².